The van der Waals surface area contributed by atoms with Crippen LogP contribution in [0, 0.1) is 6.92 Å². The van der Waals surface area contributed by atoms with Crippen molar-refractivity contribution in [3.8, 4) is 0 Å². The Hall–Kier alpha value is -0.560. The maximum absolute atomic E-state index is 3.71. The number of allylic oxidation sites excluding steroid dienone is 1. The fourth-order valence-electron chi connectivity index (χ4n) is 1.02. The van der Waals surface area contributed by atoms with E-state index < -0.39 is 0 Å². The number of hydrogen-bond donors (Lipinski definition) is 0. The zero-order valence-electron chi connectivity index (χ0n) is 6.60. The summed E-state index contributed by atoms with van der Waals surface area (Å²) in [6.45, 7) is 5.80. The molecule has 0 unspecified atom stereocenters. The Morgan fingerprint density at radius 1 is 1.55 bits per heavy atom. The maximum Gasteiger partial charge on any atom is 0.0239 e. The summed E-state index contributed by atoms with van der Waals surface area (Å²) in [6, 6.07) is 6.27. The number of rotatable bonds is 2. The van der Waals surface area contributed by atoms with Crippen LogP contribution < -0.4 is 0 Å². The highest BCUT2D eigenvalue weighted by atomic mass is 79.9. The Morgan fingerprint density at radius 3 is 2.91 bits per heavy atom. The van der Waals surface area contributed by atoms with Crippen LogP contribution in [0.2, 0.25) is 0 Å². The maximum atomic E-state index is 3.71. The zero-order valence-corrected chi connectivity index (χ0v) is 8.19. The van der Waals surface area contributed by atoms with Gasteiger partial charge in [0.25, 0.3) is 0 Å². The molecule has 0 atom stereocenters. The quantitative estimate of drug-likeness (QED) is 0.657. The van der Waals surface area contributed by atoms with E-state index in [9.17, 15) is 0 Å². The summed E-state index contributed by atoms with van der Waals surface area (Å²) in [7, 11) is 0. The Kier molecular flexibility index (Phi) is 2.89. The molecule has 0 aliphatic carbocycles. The van der Waals surface area contributed by atoms with Crippen LogP contribution in [0.4, 0.5) is 0 Å². The van der Waals surface area contributed by atoms with Crippen LogP contribution >= 0.6 is 15.9 Å². The minimum Gasteiger partial charge on any atom is -0.103 e. The molecule has 11 heavy (non-hydrogen) atoms. The Balaban J connectivity index is 3.05. The molecule has 1 aromatic rings. The van der Waals surface area contributed by atoms with Crippen molar-refractivity contribution < 1.29 is 0 Å². The van der Waals surface area contributed by atoms with Crippen LogP contribution in [-0.2, 0) is 6.42 Å². The van der Waals surface area contributed by atoms with Gasteiger partial charge in [-0.3, -0.25) is 0 Å². The monoisotopic (exact) mass is 210 g/mol. The van der Waals surface area contributed by atoms with Crippen LogP contribution in [0.15, 0.2) is 35.3 Å². The SMILES string of the molecule is C=CCc1cccc(C)c1Br. The molecule has 1 heteroatoms. The van der Waals surface area contributed by atoms with E-state index >= 15 is 0 Å². The predicted octanol–water partition coefficient (Wildman–Crippen LogP) is 3.49. The molecule has 58 valence electrons. The van der Waals surface area contributed by atoms with Crippen LogP contribution in [0.3, 0.4) is 0 Å². The van der Waals surface area contributed by atoms with Crippen LogP contribution in [-0.4, -0.2) is 0 Å². The molecular weight excluding hydrogens is 200 g/mol. The largest absolute Gasteiger partial charge is 0.103 e. The van der Waals surface area contributed by atoms with Gasteiger partial charge in [-0.1, -0.05) is 40.2 Å². The summed E-state index contributed by atoms with van der Waals surface area (Å²) in [5, 5.41) is 0. The van der Waals surface area contributed by atoms with Gasteiger partial charge in [0, 0.05) is 4.47 Å². The highest BCUT2D eigenvalue weighted by molar-refractivity contribution is 9.10. The molecule has 0 saturated heterocycles. The summed E-state index contributed by atoms with van der Waals surface area (Å²) in [5.41, 5.74) is 2.59. The lowest BCUT2D eigenvalue weighted by molar-refractivity contribution is 1.23. The number of halogens is 1. The van der Waals surface area contributed by atoms with E-state index in [-0.39, 0.29) is 0 Å². The summed E-state index contributed by atoms with van der Waals surface area (Å²) in [4.78, 5) is 0. The van der Waals surface area contributed by atoms with Gasteiger partial charge in [-0.05, 0) is 24.5 Å². The van der Waals surface area contributed by atoms with Crippen molar-refractivity contribution in [2.75, 3.05) is 0 Å². The summed E-state index contributed by atoms with van der Waals surface area (Å²) in [6.07, 6.45) is 2.85. The molecule has 0 bridgehead atoms. The van der Waals surface area contributed by atoms with E-state index in [2.05, 4.69) is 47.6 Å². The molecule has 1 aromatic carbocycles. The van der Waals surface area contributed by atoms with Crippen molar-refractivity contribution in [3.63, 3.8) is 0 Å². The average Bonchev–Trinajstić information content (AvgIpc) is 1.99. The molecular formula is C10H11Br. The summed E-state index contributed by atoms with van der Waals surface area (Å²) < 4.78 is 1.21. The second kappa shape index (κ2) is 3.72. The normalized spacial score (nSPS) is 9.64. The van der Waals surface area contributed by atoms with E-state index in [1.807, 2.05) is 6.08 Å². The average molecular weight is 211 g/mol. The minimum atomic E-state index is 0.933. The van der Waals surface area contributed by atoms with Gasteiger partial charge in [-0.15, -0.1) is 6.58 Å². The molecule has 0 N–H and O–H groups in total. The highest BCUT2D eigenvalue weighted by Gasteiger charge is 1.98. The molecule has 0 amide bonds. The smallest absolute Gasteiger partial charge is 0.0239 e. The van der Waals surface area contributed by atoms with Gasteiger partial charge in [0.1, 0.15) is 0 Å². The minimum absolute atomic E-state index is 0.933. The van der Waals surface area contributed by atoms with E-state index in [1.165, 1.54) is 15.6 Å². The lowest BCUT2D eigenvalue weighted by Gasteiger charge is -2.02. The van der Waals surface area contributed by atoms with Crippen molar-refractivity contribution in [1.29, 1.82) is 0 Å². The third-order valence-corrected chi connectivity index (χ3v) is 2.77. The summed E-state index contributed by atoms with van der Waals surface area (Å²) in [5.74, 6) is 0. The van der Waals surface area contributed by atoms with Crippen LogP contribution in [0.25, 0.3) is 0 Å². The molecule has 0 nitrogen and oxygen atoms in total. The molecule has 0 aliphatic heterocycles. The Labute approximate surface area is 76.1 Å². The van der Waals surface area contributed by atoms with E-state index in [0.717, 1.165) is 6.42 Å². The van der Waals surface area contributed by atoms with Gasteiger partial charge >= 0.3 is 0 Å². The predicted molar refractivity (Wildman–Crippen MR) is 52.8 cm³/mol. The lowest BCUT2D eigenvalue weighted by atomic mass is 10.1. The Morgan fingerprint density at radius 2 is 2.27 bits per heavy atom. The van der Waals surface area contributed by atoms with E-state index in [0.29, 0.717) is 0 Å². The van der Waals surface area contributed by atoms with E-state index in [4.69, 9.17) is 0 Å². The molecule has 0 saturated carbocycles. The zero-order chi connectivity index (χ0) is 8.27. The first-order valence-electron chi connectivity index (χ1n) is 3.60. The lowest BCUT2D eigenvalue weighted by Crippen LogP contribution is -1.85. The first-order valence-corrected chi connectivity index (χ1v) is 4.40. The van der Waals surface area contributed by atoms with Crippen molar-refractivity contribution >= 4 is 15.9 Å². The Bertz CT molecular complexity index is 264. The molecule has 0 spiro atoms. The van der Waals surface area contributed by atoms with Crippen molar-refractivity contribution in [1.82, 2.24) is 0 Å². The molecule has 0 aliphatic rings. The molecule has 0 heterocycles. The summed E-state index contributed by atoms with van der Waals surface area (Å²) >= 11 is 3.53. The van der Waals surface area contributed by atoms with Gasteiger partial charge in [0.15, 0.2) is 0 Å². The van der Waals surface area contributed by atoms with Crippen LogP contribution in [0.5, 0.6) is 0 Å². The highest BCUT2D eigenvalue weighted by Crippen LogP contribution is 2.21. The fraction of sp³-hybridized carbons (Fsp3) is 0.200. The topological polar surface area (TPSA) is 0 Å². The van der Waals surface area contributed by atoms with Crippen molar-refractivity contribution in [2.24, 2.45) is 0 Å². The third-order valence-electron chi connectivity index (χ3n) is 1.64. The second-order valence-corrected chi connectivity index (χ2v) is 3.33. The molecule has 0 radical (unpaired) electrons. The van der Waals surface area contributed by atoms with Gasteiger partial charge in [-0.25, -0.2) is 0 Å². The van der Waals surface area contributed by atoms with Gasteiger partial charge < -0.3 is 0 Å². The molecule has 1 rings (SSSR count). The standard InChI is InChI=1S/C10H11Br/c1-3-5-9-7-4-6-8(2)10(9)11/h3-4,6-7H,1,5H2,2H3. The second-order valence-electron chi connectivity index (χ2n) is 2.54. The third kappa shape index (κ3) is 1.93. The van der Waals surface area contributed by atoms with Gasteiger partial charge in [0.05, 0.1) is 0 Å². The fourth-order valence-corrected chi connectivity index (χ4v) is 1.45. The van der Waals surface area contributed by atoms with Gasteiger partial charge in [0.2, 0.25) is 0 Å². The molecule has 0 fully saturated rings. The van der Waals surface area contributed by atoms with Crippen LogP contribution in [0.1, 0.15) is 11.1 Å². The van der Waals surface area contributed by atoms with Crippen molar-refractivity contribution in [3.05, 3.63) is 46.5 Å². The van der Waals surface area contributed by atoms with Gasteiger partial charge in [-0.2, -0.15) is 0 Å². The number of hydrogen-bond acceptors (Lipinski definition) is 0. The first-order chi connectivity index (χ1) is 5.25. The van der Waals surface area contributed by atoms with E-state index in [1.54, 1.807) is 0 Å². The first kappa shape index (κ1) is 8.54. The number of aryl methyl sites for hydroxylation is 1. The molecule has 0 aromatic heterocycles. The number of benzene rings is 1. The van der Waals surface area contributed by atoms with Crippen molar-refractivity contribution in [2.45, 2.75) is 13.3 Å².